The standard InChI is InChI=1S/C19H22N4O4/c1-3-26-19(25)23-22-14-8-6-9-15-16(14)12(2)17(27-15)18(24)21-11-13-7-4-5-10-20-13/h4-5,7,10H,3,6,8-9,11H2,1-2H3,(H,21,24)(H,23,25)/b22-14+. The van der Waals surface area contributed by atoms with Crippen molar-refractivity contribution in [2.24, 2.45) is 5.10 Å². The highest BCUT2D eigenvalue weighted by Gasteiger charge is 2.28. The number of nitrogens with one attached hydrogen (secondary N) is 2. The quantitative estimate of drug-likeness (QED) is 0.787. The molecule has 142 valence electrons. The van der Waals surface area contributed by atoms with Crippen molar-refractivity contribution < 1.29 is 18.7 Å². The number of carbonyl (C=O) groups excluding carboxylic acids is 2. The third kappa shape index (κ3) is 4.33. The Balaban J connectivity index is 1.76. The molecule has 2 aromatic heterocycles. The highest BCUT2D eigenvalue weighted by atomic mass is 16.5. The van der Waals surface area contributed by atoms with E-state index in [2.05, 4.69) is 20.8 Å². The Hall–Kier alpha value is -3.16. The van der Waals surface area contributed by atoms with Gasteiger partial charge in [-0.15, -0.1) is 0 Å². The molecule has 2 N–H and O–H groups in total. The summed E-state index contributed by atoms with van der Waals surface area (Å²) < 4.78 is 10.6. The first-order valence-electron chi connectivity index (χ1n) is 8.90. The Bertz CT molecular complexity index is 858. The molecular formula is C19H22N4O4. The average Bonchev–Trinajstić information content (AvgIpc) is 3.03. The van der Waals surface area contributed by atoms with Crippen molar-refractivity contribution >= 4 is 17.7 Å². The molecular weight excluding hydrogens is 348 g/mol. The zero-order valence-corrected chi connectivity index (χ0v) is 15.4. The molecule has 0 spiro atoms. The van der Waals surface area contributed by atoms with E-state index in [4.69, 9.17) is 9.15 Å². The van der Waals surface area contributed by atoms with Gasteiger partial charge in [0, 0.05) is 23.7 Å². The molecule has 1 aliphatic carbocycles. The van der Waals surface area contributed by atoms with Gasteiger partial charge in [-0.1, -0.05) is 6.07 Å². The second-order valence-electron chi connectivity index (χ2n) is 6.10. The Labute approximate surface area is 157 Å². The van der Waals surface area contributed by atoms with Crippen LogP contribution in [-0.4, -0.2) is 29.3 Å². The van der Waals surface area contributed by atoms with Gasteiger partial charge in [-0.25, -0.2) is 10.2 Å². The van der Waals surface area contributed by atoms with Crippen molar-refractivity contribution in [2.45, 2.75) is 39.7 Å². The van der Waals surface area contributed by atoms with Crippen molar-refractivity contribution in [2.75, 3.05) is 6.61 Å². The van der Waals surface area contributed by atoms with Gasteiger partial charge in [0.05, 0.1) is 24.6 Å². The summed E-state index contributed by atoms with van der Waals surface area (Å²) in [6.45, 7) is 4.13. The summed E-state index contributed by atoms with van der Waals surface area (Å²) in [5.74, 6) is 0.679. The number of aryl methyl sites for hydroxylation is 1. The summed E-state index contributed by atoms with van der Waals surface area (Å²) in [5, 5.41) is 6.98. The molecule has 2 amide bonds. The van der Waals surface area contributed by atoms with Crippen LogP contribution in [0, 0.1) is 6.92 Å². The fourth-order valence-corrected chi connectivity index (χ4v) is 3.03. The molecule has 0 aliphatic heterocycles. The minimum Gasteiger partial charge on any atom is -0.455 e. The summed E-state index contributed by atoms with van der Waals surface area (Å²) in [6, 6.07) is 5.53. The van der Waals surface area contributed by atoms with Crippen LogP contribution in [-0.2, 0) is 17.7 Å². The second-order valence-corrected chi connectivity index (χ2v) is 6.10. The van der Waals surface area contributed by atoms with Crippen LogP contribution < -0.4 is 10.7 Å². The first-order valence-corrected chi connectivity index (χ1v) is 8.90. The largest absolute Gasteiger partial charge is 0.455 e. The van der Waals surface area contributed by atoms with E-state index >= 15 is 0 Å². The highest BCUT2D eigenvalue weighted by Crippen LogP contribution is 2.29. The Morgan fingerprint density at radius 2 is 2.19 bits per heavy atom. The normalized spacial score (nSPS) is 14.5. The number of aromatic nitrogens is 1. The Kier molecular flexibility index (Phi) is 5.85. The number of carbonyl (C=O) groups is 2. The van der Waals surface area contributed by atoms with Gasteiger partial charge in [-0.2, -0.15) is 5.10 Å². The second kappa shape index (κ2) is 8.48. The first kappa shape index (κ1) is 18.6. The van der Waals surface area contributed by atoms with Crippen molar-refractivity contribution in [1.82, 2.24) is 15.7 Å². The molecule has 0 fully saturated rings. The van der Waals surface area contributed by atoms with Crippen LogP contribution in [0.5, 0.6) is 0 Å². The molecule has 0 unspecified atom stereocenters. The maximum atomic E-state index is 12.6. The van der Waals surface area contributed by atoms with Gasteiger partial charge >= 0.3 is 6.09 Å². The van der Waals surface area contributed by atoms with Gasteiger partial charge in [0.2, 0.25) is 0 Å². The molecule has 0 saturated carbocycles. The van der Waals surface area contributed by atoms with E-state index in [1.807, 2.05) is 25.1 Å². The molecule has 2 heterocycles. The predicted molar refractivity (Wildman–Crippen MR) is 98.5 cm³/mol. The van der Waals surface area contributed by atoms with E-state index in [1.54, 1.807) is 13.1 Å². The fraction of sp³-hybridized carbons (Fsp3) is 0.368. The van der Waals surface area contributed by atoms with Gasteiger partial charge in [0.15, 0.2) is 5.76 Å². The zero-order chi connectivity index (χ0) is 19.2. The lowest BCUT2D eigenvalue weighted by molar-refractivity contribution is 0.0920. The number of hydrogen-bond acceptors (Lipinski definition) is 6. The summed E-state index contributed by atoms with van der Waals surface area (Å²) in [7, 11) is 0. The molecule has 8 nitrogen and oxygen atoms in total. The molecule has 8 heteroatoms. The molecule has 3 rings (SSSR count). The monoisotopic (exact) mass is 370 g/mol. The number of fused-ring (bicyclic) bond motifs is 1. The predicted octanol–water partition coefficient (Wildman–Crippen LogP) is 2.70. The van der Waals surface area contributed by atoms with Crippen LogP contribution in [0.15, 0.2) is 33.9 Å². The van der Waals surface area contributed by atoms with E-state index in [0.29, 0.717) is 30.0 Å². The van der Waals surface area contributed by atoms with Crippen LogP contribution in [0.1, 0.15) is 52.9 Å². The Morgan fingerprint density at radius 3 is 2.93 bits per heavy atom. The van der Waals surface area contributed by atoms with Crippen LogP contribution in [0.3, 0.4) is 0 Å². The number of furan rings is 1. The van der Waals surface area contributed by atoms with E-state index in [1.165, 1.54) is 0 Å². The van der Waals surface area contributed by atoms with Crippen LogP contribution in [0.25, 0.3) is 0 Å². The lowest BCUT2D eigenvalue weighted by Gasteiger charge is -2.13. The molecule has 2 aromatic rings. The van der Waals surface area contributed by atoms with Crippen LogP contribution >= 0.6 is 0 Å². The smallest absolute Gasteiger partial charge is 0.427 e. The number of pyridine rings is 1. The molecule has 0 bridgehead atoms. The summed E-state index contributed by atoms with van der Waals surface area (Å²) >= 11 is 0. The maximum Gasteiger partial charge on any atom is 0.427 e. The van der Waals surface area contributed by atoms with Crippen molar-refractivity contribution in [1.29, 1.82) is 0 Å². The highest BCUT2D eigenvalue weighted by molar-refractivity contribution is 6.06. The van der Waals surface area contributed by atoms with Crippen molar-refractivity contribution in [3.8, 4) is 0 Å². The van der Waals surface area contributed by atoms with Crippen LogP contribution in [0.2, 0.25) is 0 Å². The van der Waals surface area contributed by atoms with Crippen molar-refractivity contribution in [3.05, 3.63) is 52.7 Å². The number of amides is 2. The number of hydrazone groups is 1. The first-order chi connectivity index (χ1) is 13.1. The third-order valence-corrected chi connectivity index (χ3v) is 4.25. The van der Waals surface area contributed by atoms with Gasteiger partial charge in [0.25, 0.3) is 5.91 Å². The fourth-order valence-electron chi connectivity index (χ4n) is 3.03. The number of rotatable bonds is 5. The minimum atomic E-state index is -0.605. The van der Waals surface area contributed by atoms with Crippen LogP contribution in [0.4, 0.5) is 4.79 Å². The maximum absolute atomic E-state index is 12.6. The summed E-state index contributed by atoms with van der Waals surface area (Å²) in [4.78, 5) is 28.2. The number of hydrogen-bond donors (Lipinski definition) is 2. The summed E-state index contributed by atoms with van der Waals surface area (Å²) in [6.07, 6.45) is 3.32. The molecule has 0 radical (unpaired) electrons. The minimum absolute atomic E-state index is 0.265. The number of nitrogens with zero attached hydrogens (tertiary/aromatic N) is 2. The molecule has 0 atom stereocenters. The molecule has 27 heavy (non-hydrogen) atoms. The molecule has 0 saturated heterocycles. The molecule has 1 aliphatic rings. The van der Waals surface area contributed by atoms with Gasteiger partial charge < -0.3 is 14.5 Å². The van der Waals surface area contributed by atoms with E-state index in [0.717, 1.165) is 24.1 Å². The molecule has 0 aromatic carbocycles. The number of ether oxygens (including phenoxy) is 1. The summed E-state index contributed by atoms with van der Waals surface area (Å²) in [5.41, 5.74) is 5.34. The van der Waals surface area contributed by atoms with Gasteiger partial charge in [-0.05, 0) is 38.8 Å². The zero-order valence-electron chi connectivity index (χ0n) is 15.4. The Morgan fingerprint density at radius 1 is 1.33 bits per heavy atom. The average molecular weight is 370 g/mol. The van der Waals surface area contributed by atoms with E-state index in [-0.39, 0.29) is 18.3 Å². The SMILES string of the molecule is CCOC(=O)N/N=C1\CCCc2oc(C(=O)NCc3ccccn3)c(C)c21. The van der Waals surface area contributed by atoms with E-state index < -0.39 is 6.09 Å². The van der Waals surface area contributed by atoms with Crippen molar-refractivity contribution in [3.63, 3.8) is 0 Å². The lowest BCUT2D eigenvalue weighted by atomic mass is 9.93. The topological polar surface area (TPSA) is 106 Å². The van der Waals surface area contributed by atoms with Gasteiger partial charge in [-0.3, -0.25) is 9.78 Å². The lowest BCUT2D eigenvalue weighted by Crippen LogP contribution is -2.24. The van der Waals surface area contributed by atoms with Gasteiger partial charge in [0.1, 0.15) is 5.76 Å². The third-order valence-electron chi connectivity index (χ3n) is 4.25. The van der Waals surface area contributed by atoms with E-state index in [9.17, 15) is 9.59 Å².